The first kappa shape index (κ1) is 15.3. The maximum atomic E-state index is 12.3. The van der Waals surface area contributed by atoms with Gasteiger partial charge in [-0.1, -0.05) is 18.2 Å². The highest BCUT2D eigenvalue weighted by Crippen LogP contribution is 2.19. The van der Waals surface area contributed by atoms with E-state index in [1.54, 1.807) is 24.3 Å². The Labute approximate surface area is 135 Å². The standard InChI is InChI=1S/C16H11N3O5/c20-15(24-12-5-3-4-11(8-12)19(22)23)9-18-10-17-14-7-2-1-6-13(14)16(18)21/h1-8,10H,9H2. The Morgan fingerprint density at radius 1 is 1.21 bits per heavy atom. The summed E-state index contributed by atoms with van der Waals surface area (Å²) in [5, 5.41) is 11.1. The lowest BCUT2D eigenvalue weighted by molar-refractivity contribution is -0.384. The fourth-order valence-electron chi connectivity index (χ4n) is 2.18. The van der Waals surface area contributed by atoms with Crippen molar-refractivity contribution in [2.75, 3.05) is 0 Å². The minimum atomic E-state index is -0.727. The number of aromatic nitrogens is 2. The number of nitro groups is 1. The van der Waals surface area contributed by atoms with Crippen LogP contribution in [0, 0.1) is 10.1 Å². The average Bonchev–Trinajstić information content (AvgIpc) is 2.58. The molecule has 0 atom stereocenters. The number of nitrogens with zero attached hydrogens (tertiary/aromatic N) is 3. The predicted octanol–water partition coefficient (Wildman–Crippen LogP) is 1.91. The second kappa shape index (κ2) is 6.29. The van der Waals surface area contributed by atoms with Crippen LogP contribution in [0.2, 0.25) is 0 Å². The van der Waals surface area contributed by atoms with Gasteiger partial charge in [0, 0.05) is 6.07 Å². The topological polar surface area (TPSA) is 104 Å². The Kier molecular flexibility index (Phi) is 4.02. The van der Waals surface area contributed by atoms with E-state index < -0.39 is 10.9 Å². The van der Waals surface area contributed by atoms with Crippen LogP contribution in [0.25, 0.3) is 10.9 Å². The molecule has 0 bridgehead atoms. The molecule has 8 nitrogen and oxygen atoms in total. The molecule has 3 aromatic rings. The number of esters is 1. The number of fused-ring (bicyclic) bond motifs is 1. The van der Waals surface area contributed by atoms with Gasteiger partial charge in [-0.2, -0.15) is 0 Å². The molecule has 8 heteroatoms. The molecule has 120 valence electrons. The number of hydrogen-bond acceptors (Lipinski definition) is 6. The van der Waals surface area contributed by atoms with Crippen molar-refractivity contribution < 1.29 is 14.5 Å². The molecular formula is C16H11N3O5. The van der Waals surface area contributed by atoms with Gasteiger partial charge in [-0.3, -0.25) is 19.5 Å². The Balaban J connectivity index is 1.80. The van der Waals surface area contributed by atoms with Crippen molar-refractivity contribution in [1.29, 1.82) is 0 Å². The van der Waals surface area contributed by atoms with Gasteiger partial charge in [0.05, 0.1) is 28.2 Å². The highest BCUT2D eigenvalue weighted by atomic mass is 16.6. The number of carbonyl (C=O) groups excluding carboxylic acids is 1. The van der Waals surface area contributed by atoms with Crippen LogP contribution < -0.4 is 10.3 Å². The molecule has 1 aromatic heterocycles. The fraction of sp³-hybridized carbons (Fsp3) is 0.0625. The second-order valence-electron chi connectivity index (χ2n) is 4.92. The first-order valence-electron chi connectivity index (χ1n) is 6.94. The summed E-state index contributed by atoms with van der Waals surface area (Å²) < 4.78 is 6.17. The molecule has 0 aliphatic heterocycles. The third kappa shape index (κ3) is 3.12. The summed E-state index contributed by atoms with van der Waals surface area (Å²) in [6, 6.07) is 12.0. The summed E-state index contributed by atoms with van der Waals surface area (Å²) in [6.45, 7) is -0.348. The van der Waals surface area contributed by atoms with Crippen LogP contribution in [0.3, 0.4) is 0 Å². The first-order valence-corrected chi connectivity index (χ1v) is 6.94. The number of hydrogen-bond donors (Lipinski definition) is 0. The monoisotopic (exact) mass is 325 g/mol. The molecule has 3 rings (SSSR count). The zero-order chi connectivity index (χ0) is 17.1. The number of para-hydroxylation sites is 1. The van der Waals surface area contributed by atoms with Crippen molar-refractivity contribution in [2.45, 2.75) is 6.54 Å². The van der Waals surface area contributed by atoms with E-state index >= 15 is 0 Å². The van der Waals surface area contributed by atoms with Crippen molar-refractivity contribution in [3.63, 3.8) is 0 Å². The predicted molar refractivity (Wildman–Crippen MR) is 84.7 cm³/mol. The van der Waals surface area contributed by atoms with E-state index in [1.165, 1.54) is 24.5 Å². The summed E-state index contributed by atoms with van der Waals surface area (Å²) in [5.41, 5.74) is -0.0211. The molecular weight excluding hydrogens is 314 g/mol. The lowest BCUT2D eigenvalue weighted by Crippen LogP contribution is -2.26. The first-order chi connectivity index (χ1) is 11.5. The van der Waals surface area contributed by atoms with Crippen LogP contribution in [0.15, 0.2) is 59.7 Å². The smallest absolute Gasteiger partial charge is 0.331 e. The zero-order valence-electron chi connectivity index (χ0n) is 12.3. The maximum absolute atomic E-state index is 12.3. The van der Waals surface area contributed by atoms with Crippen molar-refractivity contribution >= 4 is 22.6 Å². The third-order valence-corrected chi connectivity index (χ3v) is 3.29. The van der Waals surface area contributed by atoms with E-state index in [0.717, 1.165) is 10.6 Å². The number of non-ortho nitro benzene ring substituents is 1. The van der Waals surface area contributed by atoms with Gasteiger partial charge in [0.25, 0.3) is 11.2 Å². The molecule has 0 amide bonds. The van der Waals surface area contributed by atoms with E-state index in [1.807, 2.05) is 0 Å². The van der Waals surface area contributed by atoms with E-state index in [0.29, 0.717) is 10.9 Å². The molecule has 0 unspecified atom stereocenters. The highest BCUT2D eigenvalue weighted by molar-refractivity contribution is 5.78. The summed E-state index contributed by atoms with van der Waals surface area (Å²) in [7, 11) is 0. The zero-order valence-corrected chi connectivity index (χ0v) is 12.3. The average molecular weight is 325 g/mol. The molecule has 0 saturated heterocycles. The van der Waals surface area contributed by atoms with Gasteiger partial charge >= 0.3 is 5.97 Å². The quantitative estimate of drug-likeness (QED) is 0.314. The van der Waals surface area contributed by atoms with Crippen LogP contribution in [0.4, 0.5) is 5.69 Å². The molecule has 0 saturated carbocycles. The van der Waals surface area contributed by atoms with Gasteiger partial charge in [-0.05, 0) is 18.2 Å². The molecule has 1 heterocycles. The van der Waals surface area contributed by atoms with Gasteiger partial charge in [-0.25, -0.2) is 9.78 Å². The fourth-order valence-corrected chi connectivity index (χ4v) is 2.18. The van der Waals surface area contributed by atoms with Crippen LogP contribution in [0.1, 0.15) is 0 Å². The molecule has 2 aromatic carbocycles. The summed E-state index contributed by atoms with van der Waals surface area (Å²) >= 11 is 0. The lowest BCUT2D eigenvalue weighted by Gasteiger charge is -2.07. The van der Waals surface area contributed by atoms with Crippen LogP contribution in [-0.4, -0.2) is 20.4 Å². The van der Waals surface area contributed by atoms with E-state index in [-0.39, 0.29) is 23.5 Å². The number of benzene rings is 2. The largest absolute Gasteiger partial charge is 0.425 e. The summed E-state index contributed by atoms with van der Waals surface area (Å²) in [6.07, 6.45) is 1.26. The molecule has 0 radical (unpaired) electrons. The second-order valence-corrected chi connectivity index (χ2v) is 4.92. The van der Waals surface area contributed by atoms with Crippen LogP contribution in [-0.2, 0) is 11.3 Å². The van der Waals surface area contributed by atoms with Crippen molar-refractivity contribution in [3.05, 3.63) is 75.3 Å². The summed E-state index contributed by atoms with van der Waals surface area (Å²) in [4.78, 5) is 38.5. The lowest BCUT2D eigenvalue weighted by atomic mass is 10.2. The van der Waals surface area contributed by atoms with Gasteiger partial charge < -0.3 is 4.74 Å². The Bertz CT molecular complexity index is 996. The van der Waals surface area contributed by atoms with E-state index in [2.05, 4.69) is 4.98 Å². The van der Waals surface area contributed by atoms with Gasteiger partial charge in [0.1, 0.15) is 12.3 Å². The molecule has 0 aliphatic carbocycles. The minimum Gasteiger partial charge on any atom is -0.425 e. The maximum Gasteiger partial charge on any atom is 0.331 e. The Morgan fingerprint density at radius 2 is 2.00 bits per heavy atom. The third-order valence-electron chi connectivity index (χ3n) is 3.29. The minimum absolute atomic E-state index is 0.0380. The van der Waals surface area contributed by atoms with Crippen molar-refractivity contribution in [2.24, 2.45) is 0 Å². The number of ether oxygens (including phenoxy) is 1. The van der Waals surface area contributed by atoms with E-state index in [4.69, 9.17) is 4.74 Å². The molecule has 0 N–H and O–H groups in total. The van der Waals surface area contributed by atoms with Crippen molar-refractivity contribution in [3.8, 4) is 5.75 Å². The Hall–Kier alpha value is -3.55. The molecule has 0 aliphatic rings. The van der Waals surface area contributed by atoms with Gasteiger partial charge in [-0.15, -0.1) is 0 Å². The summed E-state index contributed by atoms with van der Waals surface area (Å²) in [5.74, 6) is -0.689. The number of nitro benzene ring substituents is 1. The van der Waals surface area contributed by atoms with E-state index in [9.17, 15) is 19.7 Å². The van der Waals surface area contributed by atoms with Crippen molar-refractivity contribution in [1.82, 2.24) is 9.55 Å². The normalized spacial score (nSPS) is 10.5. The van der Waals surface area contributed by atoms with Crippen LogP contribution in [0.5, 0.6) is 5.75 Å². The number of rotatable bonds is 4. The molecule has 24 heavy (non-hydrogen) atoms. The number of carbonyl (C=O) groups is 1. The van der Waals surface area contributed by atoms with Gasteiger partial charge in [0.15, 0.2) is 0 Å². The molecule has 0 spiro atoms. The molecule has 0 fully saturated rings. The Morgan fingerprint density at radius 3 is 2.79 bits per heavy atom. The SMILES string of the molecule is O=C(Cn1cnc2ccccc2c1=O)Oc1cccc([N+](=O)[O-])c1. The highest BCUT2D eigenvalue weighted by Gasteiger charge is 2.12. The van der Waals surface area contributed by atoms with Crippen LogP contribution >= 0.6 is 0 Å². The van der Waals surface area contributed by atoms with Gasteiger partial charge in [0.2, 0.25) is 0 Å².